The van der Waals surface area contributed by atoms with E-state index in [1.54, 1.807) is 36.4 Å². The van der Waals surface area contributed by atoms with Gasteiger partial charge >= 0.3 is 5.97 Å². The number of esters is 1. The van der Waals surface area contributed by atoms with Crippen LogP contribution in [0.5, 0.6) is 0 Å². The molecule has 5 rings (SSSR count). The van der Waals surface area contributed by atoms with Gasteiger partial charge in [-0.1, -0.05) is 22.0 Å². The van der Waals surface area contributed by atoms with Crippen molar-refractivity contribution < 1.29 is 23.9 Å². The standard InChI is InChI=1S/C24H19BrCl2N2O5/c25-12-4-6-13(7-5-12)28-17(30)10-34-24(33)11-2-1-3-14(8-11)29-22(31)18-15-9-16(19(18)23(29)32)21(27)20(15)26/h1-8,15-16,18-21H,9-10H2,(H,28,30)/t15-,16-,18-,19-,20+,21+/m1/s1. The molecular formula is C24H19BrCl2N2O5. The smallest absolute Gasteiger partial charge is 0.338 e. The molecule has 3 amide bonds. The molecule has 6 atom stereocenters. The van der Waals surface area contributed by atoms with Crippen molar-refractivity contribution in [1.82, 2.24) is 0 Å². The molecule has 1 heterocycles. The number of amides is 3. The highest BCUT2D eigenvalue weighted by molar-refractivity contribution is 9.10. The highest BCUT2D eigenvalue weighted by atomic mass is 79.9. The van der Waals surface area contributed by atoms with E-state index in [1.807, 2.05) is 0 Å². The summed E-state index contributed by atoms with van der Waals surface area (Å²) >= 11 is 16.1. The third-order valence-corrected chi connectivity index (χ3v) is 8.64. The summed E-state index contributed by atoms with van der Waals surface area (Å²) in [6, 6.07) is 13.0. The summed E-state index contributed by atoms with van der Waals surface area (Å²) < 4.78 is 5.99. The van der Waals surface area contributed by atoms with E-state index >= 15 is 0 Å². The van der Waals surface area contributed by atoms with Crippen LogP contribution in [0.3, 0.4) is 0 Å². The van der Waals surface area contributed by atoms with Gasteiger partial charge in [-0.25, -0.2) is 4.79 Å². The second kappa shape index (κ2) is 8.98. The number of nitrogens with one attached hydrogen (secondary N) is 1. The number of carbonyl (C=O) groups is 4. The normalized spacial score (nSPS) is 29.3. The molecule has 2 bridgehead atoms. The van der Waals surface area contributed by atoms with Gasteiger partial charge in [0, 0.05) is 10.2 Å². The van der Waals surface area contributed by atoms with Crippen molar-refractivity contribution >= 4 is 74.2 Å². The van der Waals surface area contributed by atoms with Crippen LogP contribution in [0.4, 0.5) is 11.4 Å². The number of carbonyl (C=O) groups excluding carboxylic acids is 4. The number of imide groups is 1. The van der Waals surface area contributed by atoms with Crippen LogP contribution in [-0.2, 0) is 19.1 Å². The van der Waals surface area contributed by atoms with Crippen LogP contribution in [0.25, 0.3) is 0 Å². The zero-order valence-corrected chi connectivity index (χ0v) is 20.7. The van der Waals surface area contributed by atoms with Crippen LogP contribution < -0.4 is 10.2 Å². The number of benzene rings is 2. The number of ether oxygens (including phenoxy) is 1. The lowest BCUT2D eigenvalue weighted by molar-refractivity contribution is -0.123. The summed E-state index contributed by atoms with van der Waals surface area (Å²) in [5.74, 6) is -3.07. The Balaban J connectivity index is 1.26. The van der Waals surface area contributed by atoms with E-state index in [1.165, 1.54) is 12.1 Å². The number of halogens is 3. The Morgan fingerprint density at radius 3 is 2.24 bits per heavy atom. The highest BCUT2D eigenvalue weighted by Gasteiger charge is 2.66. The molecule has 176 valence electrons. The average Bonchev–Trinajstić information content (AvgIpc) is 3.44. The topological polar surface area (TPSA) is 92.8 Å². The van der Waals surface area contributed by atoms with Gasteiger partial charge in [-0.05, 0) is 60.7 Å². The Bertz CT molecular complexity index is 1160. The molecule has 2 aromatic rings. The first kappa shape index (κ1) is 23.3. The number of nitrogens with zero attached hydrogens (tertiary/aromatic N) is 1. The molecule has 2 saturated carbocycles. The summed E-state index contributed by atoms with van der Waals surface area (Å²) in [4.78, 5) is 52.1. The van der Waals surface area contributed by atoms with Gasteiger partial charge in [-0.15, -0.1) is 23.2 Å². The minimum absolute atomic E-state index is 0.125. The fourth-order valence-corrected chi connectivity index (χ4v) is 6.48. The Kier molecular flexibility index (Phi) is 6.16. The molecular weight excluding hydrogens is 547 g/mol. The number of rotatable bonds is 5. The fraction of sp³-hybridized carbons (Fsp3) is 0.333. The summed E-state index contributed by atoms with van der Waals surface area (Å²) in [6.45, 7) is -0.484. The van der Waals surface area contributed by atoms with Crippen molar-refractivity contribution in [3.05, 3.63) is 58.6 Å². The van der Waals surface area contributed by atoms with E-state index < -0.39 is 30.3 Å². The molecule has 2 aromatic carbocycles. The van der Waals surface area contributed by atoms with Crippen molar-refractivity contribution in [3.63, 3.8) is 0 Å². The van der Waals surface area contributed by atoms with Gasteiger partial charge < -0.3 is 10.1 Å². The van der Waals surface area contributed by atoms with Crippen molar-refractivity contribution in [2.75, 3.05) is 16.8 Å². The van der Waals surface area contributed by atoms with Crippen LogP contribution >= 0.6 is 39.1 Å². The quantitative estimate of drug-likeness (QED) is 0.333. The molecule has 34 heavy (non-hydrogen) atoms. The van der Waals surface area contributed by atoms with Crippen LogP contribution in [0.1, 0.15) is 16.8 Å². The average molecular weight is 566 g/mol. The van der Waals surface area contributed by atoms with Crippen molar-refractivity contribution in [1.29, 1.82) is 0 Å². The molecule has 0 radical (unpaired) electrons. The maximum Gasteiger partial charge on any atom is 0.338 e. The third kappa shape index (κ3) is 3.91. The molecule has 0 spiro atoms. The number of alkyl halides is 2. The fourth-order valence-electron chi connectivity index (χ4n) is 5.32. The van der Waals surface area contributed by atoms with Crippen LogP contribution in [-0.4, -0.2) is 41.1 Å². The van der Waals surface area contributed by atoms with E-state index in [0.29, 0.717) is 12.1 Å². The zero-order valence-electron chi connectivity index (χ0n) is 17.6. The predicted molar refractivity (Wildman–Crippen MR) is 130 cm³/mol. The molecule has 10 heteroatoms. The molecule has 0 aromatic heterocycles. The molecule has 3 aliphatic rings. The largest absolute Gasteiger partial charge is 0.452 e. The lowest BCUT2D eigenvalue weighted by Crippen LogP contribution is -2.37. The molecule has 1 aliphatic heterocycles. The van der Waals surface area contributed by atoms with E-state index in [2.05, 4.69) is 21.2 Å². The number of hydrogen-bond donors (Lipinski definition) is 1. The first-order valence-corrected chi connectivity index (χ1v) is 12.4. The Morgan fingerprint density at radius 1 is 1.00 bits per heavy atom. The molecule has 1 N–H and O–H groups in total. The molecule has 7 nitrogen and oxygen atoms in total. The first-order valence-electron chi connectivity index (χ1n) is 10.7. The number of anilines is 2. The lowest BCUT2D eigenvalue weighted by atomic mass is 9.80. The molecule has 3 fully saturated rings. The Morgan fingerprint density at radius 2 is 1.62 bits per heavy atom. The summed E-state index contributed by atoms with van der Waals surface area (Å²) in [5, 5.41) is 1.95. The van der Waals surface area contributed by atoms with Gasteiger partial charge in [0.05, 0.1) is 33.8 Å². The van der Waals surface area contributed by atoms with Gasteiger partial charge in [0.1, 0.15) is 0 Å². The highest BCUT2D eigenvalue weighted by Crippen LogP contribution is 2.59. The predicted octanol–water partition coefficient (Wildman–Crippen LogP) is 4.21. The maximum atomic E-state index is 13.2. The summed E-state index contributed by atoms with van der Waals surface area (Å²) in [7, 11) is 0. The van der Waals surface area contributed by atoms with Crippen LogP contribution in [0.15, 0.2) is 53.0 Å². The van der Waals surface area contributed by atoms with E-state index in [-0.39, 0.29) is 45.7 Å². The summed E-state index contributed by atoms with van der Waals surface area (Å²) in [6.07, 6.45) is 0.678. The first-order chi connectivity index (χ1) is 16.3. The molecule has 1 saturated heterocycles. The minimum Gasteiger partial charge on any atom is -0.452 e. The molecule has 2 aliphatic carbocycles. The van der Waals surface area contributed by atoms with Crippen molar-refractivity contribution in [3.8, 4) is 0 Å². The van der Waals surface area contributed by atoms with Crippen LogP contribution in [0, 0.1) is 23.7 Å². The second-order valence-corrected chi connectivity index (χ2v) is 10.6. The second-order valence-electron chi connectivity index (χ2n) is 8.70. The van der Waals surface area contributed by atoms with Crippen molar-refractivity contribution in [2.45, 2.75) is 17.2 Å². The van der Waals surface area contributed by atoms with E-state index in [4.69, 9.17) is 27.9 Å². The van der Waals surface area contributed by atoms with Crippen molar-refractivity contribution in [2.24, 2.45) is 23.7 Å². The van der Waals surface area contributed by atoms with Crippen LogP contribution in [0.2, 0.25) is 0 Å². The Labute approximate surface area is 213 Å². The molecule has 0 unspecified atom stereocenters. The monoisotopic (exact) mass is 564 g/mol. The minimum atomic E-state index is -0.742. The van der Waals surface area contributed by atoms with E-state index in [9.17, 15) is 19.2 Å². The van der Waals surface area contributed by atoms with Gasteiger partial charge in [0.25, 0.3) is 5.91 Å². The number of hydrogen-bond acceptors (Lipinski definition) is 5. The summed E-state index contributed by atoms with van der Waals surface area (Å²) in [5.41, 5.74) is 0.977. The SMILES string of the molecule is O=C(COC(=O)c1cccc(N2C(=O)[C@@H]3[C@H]4C[C@@H]([C@H](Cl)[C@H]4Cl)[C@H]3C2=O)c1)Nc1ccc(Br)cc1. The van der Waals surface area contributed by atoms with Gasteiger partial charge in [0.2, 0.25) is 11.8 Å². The van der Waals surface area contributed by atoms with Gasteiger partial charge in [-0.2, -0.15) is 0 Å². The Hall–Kier alpha value is -2.42. The van der Waals surface area contributed by atoms with Gasteiger partial charge in [0.15, 0.2) is 6.61 Å². The lowest BCUT2D eigenvalue weighted by Gasteiger charge is -2.28. The zero-order chi connectivity index (χ0) is 24.1. The third-order valence-electron chi connectivity index (χ3n) is 6.79. The number of fused-ring (bicyclic) bond motifs is 5. The van der Waals surface area contributed by atoms with Gasteiger partial charge in [-0.3, -0.25) is 19.3 Å². The maximum absolute atomic E-state index is 13.2. The van der Waals surface area contributed by atoms with E-state index in [0.717, 1.165) is 9.37 Å².